The fourth-order valence-corrected chi connectivity index (χ4v) is 8.01. The van der Waals surface area contributed by atoms with Gasteiger partial charge in [0.1, 0.15) is 6.04 Å². The molecular formula is C27H40F3N3O5S. The second kappa shape index (κ2) is 10.9. The Bertz CT molecular complexity index is 1180. The minimum absolute atomic E-state index is 0.0244. The van der Waals surface area contributed by atoms with Gasteiger partial charge in [0.2, 0.25) is 15.9 Å². The van der Waals surface area contributed by atoms with Crippen LogP contribution in [0.15, 0.2) is 29.2 Å². The summed E-state index contributed by atoms with van der Waals surface area (Å²) in [6.07, 6.45) is -3.52. The maximum Gasteiger partial charge on any atom is 0.416 e. The highest BCUT2D eigenvalue weighted by atomic mass is 32.2. The van der Waals surface area contributed by atoms with Gasteiger partial charge in [-0.1, -0.05) is 40.7 Å². The molecule has 220 valence electrons. The number of halogens is 3. The summed E-state index contributed by atoms with van der Waals surface area (Å²) in [6, 6.07) is 2.43. The number of carbonyl (C=O) groups excluding carboxylic acids is 1. The van der Waals surface area contributed by atoms with Crippen LogP contribution in [0.3, 0.4) is 0 Å². The molecule has 0 unspecified atom stereocenters. The quantitative estimate of drug-likeness (QED) is 0.451. The molecular weight excluding hydrogens is 535 g/mol. The van der Waals surface area contributed by atoms with Crippen LogP contribution in [-0.4, -0.2) is 67.0 Å². The Hall–Kier alpha value is -2.34. The molecule has 2 amide bonds. The lowest BCUT2D eigenvalue weighted by atomic mass is 9.72. The molecule has 1 aliphatic heterocycles. The molecule has 0 radical (unpaired) electrons. The molecule has 0 aromatic heterocycles. The average molecular weight is 576 g/mol. The zero-order chi connectivity index (χ0) is 29.6. The van der Waals surface area contributed by atoms with Crippen LogP contribution >= 0.6 is 0 Å². The topological polar surface area (TPSA) is 107 Å². The lowest BCUT2D eigenvalue weighted by Gasteiger charge is -2.37. The number of alkyl halides is 3. The number of rotatable bonds is 8. The number of hydrogen-bond acceptors (Lipinski definition) is 4. The molecule has 0 bridgehead atoms. The highest BCUT2D eigenvalue weighted by molar-refractivity contribution is 7.89. The van der Waals surface area contributed by atoms with Gasteiger partial charge < -0.3 is 10.4 Å². The number of fused-ring (bicyclic) bond motifs is 1. The summed E-state index contributed by atoms with van der Waals surface area (Å²) >= 11 is 0. The molecule has 8 nitrogen and oxygen atoms in total. The largest absolute Gasteiger partial charge is 0.465 e. The Morgan fingerprint density at radius 3 is 2.33 bits per heavy atom. The highest BCUT2D eigenvalue weighted by Crippen LogP contribution is 2.42. The first-order chi connectivity index (χ1) is 17.7. The van der Waals surface area contributed by atoms with Crippen molar-refractivity contribution >= 4 is 22.0 Å². The van der Waals surface area contributed by atoms with E-state index >= 15 is 0 Å². The van der Waals surface area contributed by atoms with E-state index in [0.29, 0.717) is 25.3 Å². The molecule has 2 N–H and O–H groups in total. The third-order valence-corrected chi connectivity index (χ3v) is 9.60. The number of nitrogens with one attached hydrogen (secondary N) is 1. The summed E-state index contributed by atoms with van der Waals surface area (Å²) in [5.74, 6) is -0.691. The first-order valence-corrected chi connectivity index (χ1v) is 14.6. The standard InChI is InChI=1S/C27H40F3N3O5S/c1-25(2,3)16-26(4,5)13-22(32(6)24(35)36)23(34)31-21-11-10-17-14-33(15-20(17)21)39(37,38)19-9-7-8-18(12-19)27(28,29)30/h7-9,12,17,20-22H,10-11,13-16H2,1-6H3,(H,31,34)(H,35,36)/t17-,20+,21+,22+/m1/s1. The van der Waals surface area contributed by atoms with Crippen LogP contribution in [0.2, 0.25) is 0 Å². The lowest BCUT2D eigenvalue weighted by molar-refractivity contribution is -0.137. The van der Waals surface area contributed by atoms with Crippen molar-refractivity contribution in [2.75, 3.05) is 20.1 Å². The Labute approximate surface area is 229 Å². The van der Waals surface area contributed by atoms with Gasteiger partial charge in [-0.2, -0.15) is 17.5 Å². The first kappa shape index (κ1) is 31.2. The maximum absolute atomic E-state index is 13.5. The predicted octanol–water partition coefficient (Wildman–Crippen LogP) is 5.05. The summed E-state index contributed by atoms with van der Waals surface area (Å²) in [4.78, 5) is 25.9. The molecule has 2 fully saturated rings. The second-order valence-corrected chi connectivity index (χ2v) is 14.9. The zero-order valence-electron chi connectivity index (χ0n) is 23.4. The number of amides is 2. The van der Waals surface area contributed by atoms with Gasteiger partial charge in [-0.15, -0.1) is 0 Å². The number of nitrogens with zero attached hydrogens (tertiary/aromatic N) is 2. The van der Waals surface area contributed by atoms with Crippen LogP contribution in [0, 0.1) is 22.7 Å². The van der Waals surface area contributed by atoms with Crippen molar-refractivity contribution in [2.45, 2.75) is 83.5 Å². The van der Waals surface area contributed by atoms with E-state index in [1.807, 2.05) is 13.8 Å². The smallest absolute Gasteiger partial charge is 0.416 e. The number of likely N-dealkylation sites (N-methyl/N-ethyl adjacent to an activating group) is 1. The van der Waals surface area contributed by atoms with Crippen molar-refractivity contribution in [1.29, 1.82) is 0 Å². The summed E-state index contributed by atoms with van der Waals surface area (Å²) in [5, 5.41) is 12.6. The molecule has 2 aliphatic rings. The van der Waals surface area contributed by atoms with Crippen LogP contribution < -0.4 is 5.32 Å². The third kappa shape index (κ3) is 7.45. The van der Waals surface area contributed by atoms with Crippen LogP contribution in [0.25, 0.3) is 0 Å². The normalized spacial score (nSPS) is 23.4. The predicted molar refractivity (Wildman–Crippen MR) is 140 cm³/mol. The van der Waals surface area contributed by atoms with Crippen molar-refractivity contribution in [2.24, 2.45) is 22.7 Å². The van der Waals surface area contributed by atoms with Gasteiger partial charge in [-0.05, 0) is 66.5 Å². The van der Waals surface area contributed by atoms with Gasteiger partial charge in [0.05, 0.1) is 10.5 Å². The zero-order valence-corrected chi connectivity index (χ0v) is 24.2. The lowest BCUT2D eigenvalue weighted by Crippen LogP contribution is -2.52. The van der Waals surface area contributed by atoms with E-state index in [1.165, 1.54) is 11.4 Å². The Morgan fingerprint density at radius 2 is 1.77 bits per heavy atom. The van der Waals surface area contributed by atoms with Gasteiger partial charge in [-0.3, -0.25) is 9.69 Å². The van der Waals surface area contributed by atoms with E-state index in [2.05, 4.69) is 26.1 Å². The van der Waals surface area contributed by atoms with Gasteiger partial charge in [0.25, 0.3) is 0 Å². The summed E-state index contributed by atoms with van der Waals surface area (Å²) < 4.78 is 67.1. The average Bonchev–Trinajstić information content (AvgIpc) is 3.37. The van der Waals surface area contributed by atoms with E-state index in [1.54, 1.807) is 0 Å². The van der Waals surface area contributed by atoms with Crippen molar-refractivity contribution in [3.63, 3.8) is 0 Å². The van der Waals surface area contributed by atoms with Crippen molar-refractivity contribution in [3.8, 4) is 0 Å². The fourth-order valence-electron chi connectivity index (χ4n) is 6.43. The highest BCUT2D eigenvalue weighted by Gasteiger charge is 2.48. The van der Waals surface area contributed by atoms with Crippen molar-refractivity contribution in [1.82, 2.24) is 14.5 Å². The van der Waals surface area contributed by atoms with Crippen LogP contribution in [0.5, 0.6) is 0 Å². The van der Waals surface area contributed by atoms with Crippen molar-refractivity contribution in [3.05, 3.63) is 29.8 Å². The Kier molecular flexibility index (Phi) is 8.73. The summed E-state index contributed by atoms with van der Waals surface area (Å²) in [6.45, 7) is 10.5. The second-order valence-electron chi connectivity index (χ2n) is 13.0. The van der Waals surface area contributed by atoms with Crippen molar-refractivity contribution < 1.29 is 36.3 Å². The number of carbonyl (C=O) groups is 2. The van der Waals surface area contributed by atoms with Gasteiger partial charge in [0, 0.05) is 26.2 Å². The third-order valence-electron chi connectivity index (χ3n) is 7.78. The number of carboxylic acid groups (broad SMARTS) is 1. The van der Waals surface area contributed by atoms with Crippen LogP contribution in [0.4, 0.5) is 18.0 Å². The van der Waals surface area contributed by atoms with E-state index in [9.17, 15) is 36.3 Å². The fraction of sp³-hybridized carbons (Fsp3) is 0.704. The molecule has 12 heteroatoms. The number of sulfonamides is 1. The molecule has 4 atom stereocenters. The van der Waals surface area contributed by atoms with Gasteiger partial charge in [0.15, 0.2) is 0 Å². The SMILES string of the molecule is CN(C(=O)O)[C@@H](CC(C)(C)CC(C)(C)C)C(=O)N[C@H]1CC[C@@H]2CN(S(=O)(=O)c3cccc(C(F)(F)F)c3)C[C@@H]21. The van der Waals surface area contributed by atoms with Gasteiger partial charge in [-0.25, -0.2) is 13.2 Å². The Morgan fingerprint density at radius 1 is 1.13 bits per heavy atom. The monoisotopic (exact) mass is 575 g/mol. The van der Waals surface area contributed by atoms with Crippen LogP contribution in [0.1, 0.15) is 65.9 Å². The molecule has 3 rings (SSSR count). The minimum atomic E-state index is -4.66. The molecule has 1 saturated carbocycles. The minimum Gasteiger partial charge on any atom is -0.465 e. The van der Waals surface area contributed by atoms with E-state index in [4.69, 9.17) is 0 Å². The molecule has 1 aromatic carbocycles. The van der Waals surface area contributed by atoms with E-state index in [-0.39, 0.29) is 41.8 Å². The number of hydrogen-bond donors (Lipinski definition) is 2. The van der Waals surface area contributed by atoms with Gasteiger partial charge >= 0.3 is 12.3 Å². The molecule has 1 saturated heterocycles. The molecule has 1 aromatic rings. The summed E-state index contributed by atoms with van der Waals surface area (Å²) in [7, 11) is -2.79. The first-order valence-electron chi connectivity index (χ1n) is 13.1. The Balaban J connectivity index is 1.75. The molecule has 0 spiro atoms. The molecule has 39 heavy (non-hydrogen) atoms. The van der Waals surface area contributed by atoms with E-state index < -0.39 is 44.7 Å². The number of benzene rings is 1. The van der Waals surface area contributed by atoms with Crippen LogP contribution in [-0.2, 0) is 21.0 Å². The molecule has 1 heterocycles. The molecule has 1 aliphatic carbocycles. The summed E-state index contributed by atoms with van der Waals surface area (Å²) in [5.41, 5.74) is -1.38. The van der Waals surface area contributed by atoms with E-state index in [0.717, 1.165) is 29.5 Å². The maximum atomic E-state index is 13.5.